The molecule has 0 unspecified atom stereocenters. The SMILES string of the molecule is Cc1ccc2cc[n+]3ccc(C)cc3c2c1. The summed E-state index contributed by atoms with van der Waals surface area (Å²) >= 11 is 0. The van der Waals surface area contributed by atoms with Crippen LogP contribution in [0, 0.1) is 13.8 Å². The molecule has 1 aromatic carbocycles. The van der Waals surface area contributed by atoms with Gasteiger partial charge in [0.2, 0.25) is 5.52 Å². The average Bonchev–Trinajstić information content (AvgIpc) is 2.29. The Balaban J connectivity index is 2.55. The summed E-state index contributed by atoms with van der Waals surface area (Å²) in [6.07, 6.45) is 4.24. The molecule has 0 amide bonds. The Labute approximate surface area is 95.0 Å². The van der Waals surface area contributed by atoms with Crippen molar-refractivity contribution in [3.8, 4) is 0 Å². The fourth-order valence-electron chi connectivity index (χ4n) is 2.16. The third-order valence-corrected chi connectivity index (χ3v) is 3.04. The molecule has 2 heterocycles. The smallest absolute Gasteiger partial charge is 0.167 e. The molecule has 0 atom stereocenters. The Hall–Kier alpha value is -1.89. The standard InChI is InChI=1S/C15H14N/c1-11-3-4-13-6-8-16-7-5-12(2)10-15(16)14(13)9-11/h3-10H,1-2H3/q+1. The molecule has 1 nitrogen and oxygen atoms in total. The van der Waals surface area contributed by atoms with E-state index in [1.54, 1.807) is 0 Å². The number of rotatable bonds is 0. The number of benzene rings is 1. The maximum absolute atomic E-state index is 2.25. The van der Waals surface area contributed by atoms with Crippen LogP contribution in [0.15, 0.2) is 48.8 Å². The molecule has 0 aliphatic heterocycles. The van der Waals surface area contributed by atoms with Crippen molar-refractivity contribution < 1.29 is 4.40 Å². The third-order valence-electron chi connectivity index (χ3n) is 3.04. The van der Waals surface area contributed by atoms with E-state index in [1.165, 1.54) is 27.4 Å². The van der Waals surface area contributed by atoms with Crippen LogP contribution < -0.4 is 4.40 Å². The third kappa shape index (κ3) is 1.36. The predicted octanol–water partition coefficient (Wildman–Crippen LogP) is 3.20. The second-order valence-corrected chi connectivity index (χ2v) is 4.40. The number of hydrogen-bond acceptors (Lipinski definition) is 0. The van der Waals surface area contributed by atoms with Crippen LogP contribution in [0.4, 0.5) is 0 Å². The van der Waals surface area contributed by atoms with E-state index in [0.29, 0.717) is 0 Å². The summed E-state index contributed by atoms with van der Waals surface area (Å²) in [7, 11) is 0. The lowest BCUT2D eigenvalue weighted by molar-refractivity contribution is -0.510. The Kier molecular flexibility index (Phi) is 1.93. The van der Waals surface area contributed by atoms with E-state index in [1.807, 2.05) is 0 Å². The molecule has 3 aromatic rings. The zero-order valence-corrected chi connectivity index (χ0v) is 9.57. The van der Waals surface area contributed by atoms with Gasteiger partial charge in [0, 0.05) is 18.2 Å². The van der Waals surface area contributed by atoms with Crippen molar-refractivity contribution >= 4 is 16.3 Å². The maximum atomic E-state index is 2.25. The first-order valence-corrected chi connectivity index (χ1v) is 5.55. The molecule has 0 fully saturated rings. The van der Waals surface area contributed by atoms with E-state index in [-0.39, 0.29) is 0 Å². The maximum Gasteiger partial charge on any atom is 0.218 e. The topological polar surface area (TPSA) is 4.10 Å². The van der Waals surface area contributed by atoms with Crippen LogP contribution in [0.3, 0.4) is 0 Å². The first-order chi connectivity index (χ1) is 7.74. The fourth-order valence-corrected chi connectivity index (χ4v) is 2.16. The molecule has 16 heavy (non-hydrogen) atoms. The van der Waals surface area contributed by atoms with Crippen molar-refractivity contribution in [1.82, 2.24) is 0 Å². The molecular formula is C15H14N+. The number of pyridine rings is 2. The van der Waals surface area contributed by atoms with Crippen LogP contribution >= 0.6 is 0 Å². The molecule has 0 aliphatic rings. The van der Waals surface area contributed by atoms with Gasteiger partial charge in [0.15, 0.2) is 12.4 Å². The molecule has 0 saturated heterocycles. The van der Waals surface area contributed by atoms with Gasteiger partial charge in [0.05, 0.1) is 5.39 Å². The minimum atomic E-state index is 1.28. The number of aromatic nitrogens is 1. The van der Waals surface area contributed by atoms with Crippen LogP contribution in [-0.2, 0) is 0 Å². The van der Waals surface area contributed by atoms with Crippen molar-refractivity contribution in [2.24, 2.45) is 0 Å². The highest BCUT2D eigenvalue weighted by molar-refractivity contribution is 5.94. The lowest BCUT2D eigenvalue weighted by atomic mass is 10.1. The number of fused-ring (bicyclic) bond motifs is 3. The van der Waals surface area contributed by atoms with E-state index in [4.69, 9.17) is 0 Å². The van der Waals surface area contributed by atoms with Gasteiger partial charge in [-0.15, -0.1) is 0 Å². The molecule has 0 spiro atoms. The molecule has 0 N–H and O–H groups in total. The highest BCUT2D eigenvalue weighted by atomic mass is 14.8. The highest BCUT2D eigenvalue weighted by Crippen LogP contribution is 2.18. The average molecular weight is 208 g/mol. The lowest BCUT2D eigenvalue weighted by Gasteiger charge is -2.00. The number of nitrogens with zero attached hydrogens (tertiary/aromatic N) is 1. The molecule has 2 aromatic heterocycles. The van der Waals surface area contributed by atoms with Gasteiger partial charge in [-0.25, -0.2) is 0 Å². The van der Waals surface area contributed by atoms with Crippen molar-refractivity contribution in [1.29, 1.82) is 0 Å². The molecule has 0 radical (unpaired) electrons. The molecule has 3 rings (SSSR count). The normalized spacial score (nSPS) is 11.1. The highest BCUT2D eigenvalue weighted by Gasteiger charge is 2.07. The molecule has 0 aliphatic carbocycles. The van der Waals surface area contributed by atoms with E-state index < -0.39 is 0 Å². The van der Waals surface area contributed by atoms with Crippen molar-refractivity contribution in [2.45, 2.75) is 13.8 Å². The van der Waals surface area contributed by atoms with Crippen LogP contribution in [0.1, 0.15) is 11.1 Å². The van der Waals surface area contributed by atoms with Crippen LogP contribution in [0.2, 0.25) is 0 Å². The summed E-state index contributed by atoms with van der Waals surface area (Å²) < 4.78 is 2.18. The first kappa shape index (κ1) is 9.34. The summed E-state index contributed by atoms with van der Waals surface area (Å²) in [4.78, 5) is 0. The predicted molar refractivity (Wildman–Crippen MR) is 66.6 cm³/mol. The Morgan fingerprint density at radius 2 is 1.56 bits per heavy atom. The molecule has 1 heteroatoms. The summed E-state index contributed by atoms with van der Waals surface area (Å²) in [5, 5.41) is 2.63. The van der Waals surface area contributed by atoms with Crippen molar-refractivity contribution in [3.05, 3.63) is 59.9 Å². The second-order valence-electron chi connectivity index (χ2n) is 4.40. The number of aryl methyl sites for hydroxylation is 2. The summed E-state index contributed by atoms with van der Waals surface area (Å²) in [6, 6.07) is 13.1. The van der Waals surface area contributed by atoms with Gasteiger partial charge in [-0.2, -0.15) is 4.40 Å². The monoisotopic (exact) mass is 208 g/mol. The van der Waals surface area contributed by atoms with Gasteiger partial charge in [0.1, 0.15) is 0 Å². The Bertz CT molecular complexity index is 623. The molecule has 78 valence electrons. The van der Waals surface area contributed by atoms with Crippen molar-refractivity contribution in [2.75, 3.05) is 0 Å². The largest absolute Gasteiger partial charge is 0.218 e. The summed E-state index contributed by atoms with van der Waals surface area (Å²) in [6.45, 7) is 4.27. The zero-order chi connectivity index (χ0) is 11.1. The summed E-state index contributed by atoms with van der Waals surface area (Å²) in [5.41, 5.74) is 3.89. The minimum Gasteiger partial charge on any atom is -0.167 e. The Morgan fingerprint density at radius 1 is 0.812 bits per heavy atom. The molecule has 0 bridgehead atoms. The van der Waals surface area contributed by atoms with Crippen LogP contribution in [0.5, 0.6) is 0 Å². The molecular weight excluding hydrogens is 194 g/mol. The quantitative estimate of drug-likeness (QED) is 0.394. The Morgan fingerprint density at radius 3 is 2.44 bits per heavy atom. The van der Waals surface area contributed by atoms with E-state index in [0.717, 1.165) is 0 Å². The van der Waals surface area contributed by atoms with Crippen LogP contribution in [0.25, 0.3) is 16.3 Å². The fraction of sp³-hybridized carbons (Fsp3) is 0.133. The van der Waals surface area contributed by atoms with Gasteiger partial charge < -0.3 is 0 Å². The van der Waals surface area contributed by atoms with Gasteiger partial charge in [-0.3, -0.25) is 0 Å². The first-order valence-electron chi connectivity index (χ1n) is 5.55. The van der Waals surface area contributed by atoms with Crippen LogP contribution in [-0.4, -0.2) is 0 Å². The summed E-state index contributed by atoms with van der Waals surface area (Å²) in [5.74, 6) is 0. The van der Waals surface area contributed by atoms with Gasteiger partial charge in [-0.05, 0) is 30.9 Å². The van der Waals surface area contributed by atoms with Gasteiger partial charge >= 0.3 is 0 Å². The minimum absolute atomic E-state index is 1.28. The van der Waals surface area contributed by atoms with E-state index in [9.17, 15) is 0 Å². The second kappa shape index (κ2) is 3.31. The van der Waals surface area contributed by atoms with Crippen molar-refractivity contribution in [3.63, 3.8) is 0 Å². The van der Waals surface area contributed by atoms with E-state index >= 15 is 0 Å². The van der Waals surface area contributed by atoms with E-state index in [2.05, 4.69) is 67.0 Å². The van der Waals surface area contributed by atoms with Gasteiger partial charge in [0.25, 0.3) is 0 Å². The lowest BCUT2D eigenvalue weighted by Crippen LogP contribution is -2.20. The van der Waals surface area contributed by atoms with Gasteiger partial charge in [-0.1, -0.05) is 17.7 Å². The molecule has 0 saturated carbocycles. The zero-order valence-electron chi connectivity index (χ0n) is 9.57. The number of hydrogen-bond donors (Lipinski definition) is 0.